The normalized spacial score (nSPS) is 11.5. The Hall–Kier alpha value is -1.41. The van der Waals surface area contributed by atoms with E-state index in [4.69, 9.17) is 5.26 Å². The van der Waals surface area contributed by atoms with E-state index in [1.165, 1.54) is 0 Å². The molecule has 1 unspecified atom stereocenters. The highest BCUT2D eigenvalue weighted by molar-refractivity contribution is 9.10. The molecule has 0 aromatic carbocycles. The molecule has 72 valence electrons. The van der Waals surface area contributed by atoms with Crippen LogP contribution in [0.3, 0.4) is 0 Å². The van der Waals surface area contributed by atoms with Crippen LogP contribution in [0.5, 0.6) is 0 Å². The quantitative estimate of drug-likeness (QED) is 0.813. The number of halogens is 1. The number of hydrogen-bond donors (Lipinski definition) is 1. The fourth-order valence-corrected chi connectivity index (χ4v) is 1.29. The van der Waals surface area contributed by atoms with Gasteiger partial charge in [-0.25, -0.2) is 4.98 Å². The van der Waals surface area contributed by atoms with Crippen molar-refractivity contribution in [3.8, 4) is 6.07 Å². The van der Waals surface area contributed by atoms with Gasteiger partial charge in [0, 0.05) is 6.20 Å². The average molecular weight is 254 g/mol. The van der Waals surface area contributed by atoms with E-state index in [1.807, 2.05) is 6.07 Å². The van der Waals surface area contributed by atoms with E-state index < -0.39 is 6.04 Å². The molecule has 0 saturated carbocycles. The lowest BCUT2D eigenvalue weighted by molar-refractivity contribution is 0.0946. The molecule has 0 radical (unpaired) electrons. The van der Waals surface area contributed by atoms with E-state index in [0.29, 0.717) is 10.2 Å². The standard InChI is InChI=1S/C9H8BrN3O/c1-6(5-11)13-9(14)7-3-2-4-12-8(7)10/h2-4,6H,1H3,(H,13,14). The van der Waals surface area contributed by atoms with Gasteiger partial charge in [0.05, 0.1) is 11.6 Å². The Morgan fingerprint density at radius 3 is 3.07 bits per heavy atom. The maximum atomic E-state index is 11.5. The first-order valence-corrected chi connectivity index (χ1v) is 4.75. The summed E-state index contributed by atoms with van der Waals surface area (Å²) in [5.41, 5.74) is 0.426. The molecular weight excluding hydrogens is 246 g/mol. The zero-order chi connectivity index (χ0) is 10.6. The van der Waals surface area contributed by atoms with Crippen LogP contribution in [0.2, 0.25) is 0 Å². The van der Waals surface area contributed by atoms with Gasteiger partial charge in [-0.2, -0.15) is 5.26 Å². The number of nitrogens with one attached hydrogen (secondary N) is 1. The van der Waals surface area contributed by atoms with Gasteiger partial charge < -0.3 is 5.32 Å². The van der Waals surface area contributed by atoms with Gasteiger partial charge in [0.25, 0.3) is 5.91 Å². The van der Waals surface area contributed by atoms with E-state index in [0.717, 1.165) is 0 Å². The Morgan fingerprint density at radius 1 is 1.79 bits per heavy atom. The SMILES string of the molecule is CC(C#N)NC(=O)c1cccnc1Br. The molecule has 1 amide bonds. The summed E-state index contributed by atoms with van der Waals surface area (Å²) in [4.78, 5) is 15.4. The molecule has 1 atom stereocenters. The molecule has 0 bridgehead atoms. The molecule has 0 spiro atoms. The van der Waals surface area contributed by atoms with E-state index in [9.17, 15) is 4.79 Å². The summed E-state index contributed by atoms with van der Waals surface area (Å²) in [5.74, 6) is -0.306. The molecule has 1 aromatic rings. The van der Waals surface area contributed by atoms with Gasteiger partial charge in [0.15, 0.2) is 0 Å². The second kappa shape index (κ2) is 4.72. The van der Waals surface area contributed by atoms with Crippen LogP contribution in [0.25, 0.3) is 0 Å². The smallest absolute Gasteiger partial charge is 0.255 e. The van der Waals surface area contributed by atoms with Crippen LogP contribution in [-0.4, -0.2) is 16.9 Å². The van der Waals surface area contributed by atoms with Gasteiger partial charge in [-0.05, 0) is 35.0 Å². The number of aromatic nitrogens is 1. The molecular formula is C9H8BrN3O. The van der Waals surface area contributed by atoms with Crippen molar-refractivity contribution in [1.29, 1.82) is 5.26 Å². The Labute approximate surface area is 90.1 Å². The maximum Gasteiger partial charge on any atom is 0.255 e. The fourth-order valence-electron chi connectivity index (χ4n) is 0.862. The highest BCUT2D eigenvalue weighted by Gasteiger charge is 2.11. The van der Waals surface area contributed by atoms with E-state index in [1.54, 1.807) is 25.3 Å². The molecule has 0 aliphatic heterocycles. The number of amides is 1. The summed E-state index contributed by atoms with van der Waals surface area (Å²) in [6.45, 7) is 1.61. The number of nitrogens with zero attached hydrogens (tertiary/aromatic N) is 2. The van der Waals surface area contributed by atoms with Crippen molar-refractivity contribution >= 4 is 21.8 Å². The minimum atomic E-state index is -0.505. The molecule has 0 saturated heterocycles. The third-order valence-corrected chi connectivity index (χ3v) is 2.18. The average Bonchev–Trinajstić information content (AvgIpc) is 2.18. The fraction of sp³-hybridized carbons (Fsp3) is 0.222. The van der Waals surface area contributed by atoms with Gasteiger partial charge in [-0.3, -0.25) is 4.79 Å². The predicted molar refractivity (Wildman–Crippen MR) is 54.5 cm³/mol. The molecule has 14 heavy (non-hydrogen) atoms. The van der Waals surface area contributed by atoms with Crippen LogP contribution in [0.15, 0.2) is 22.9 Å². The number of rotatable bonds is 2. The molecule has 1 rings (SSSR count). The highest BCUT2D eigenvalue weighted by atomic mass is 79.9. The van der Waals surface area contributed by atoms with Crippen molar-refractivity contribution in [3.05, 3.63) is 28.5 Å². The van der Waals surface area contributed by atoms with Gasteiger partial charge in [-0.1, -0.05) is 0 Å². The largest absolute Gasteiger partial charge is 0.336 e. The van der Waals surface area contributed by atoms with Gasteiger partial charge in [0.1, 0.15) is 10.6 Å². The summed E-state index contributed by atoms with van der Waals surface area (Å²) < 4.78 is 0.475. The Morgan fingerprint density at radius 2 is 2.50 bits per heavy atom. The molecule has 1 N–H and O–H groups in total. The Balaban J connectivity index is 2.81. The van der Waals surface area contributed by atoms with E-state index in [2.05, 4.69) is 26.2 Å². The van der Waals surface area contributed by atoms with Crippen molar-refractivity contribution < 1.29 is 4.79 Å². The molecule has 1 heterocycles. The number of pyridine rings is 1. The Kier molecular flexibility index (Phi) is 3.60. The van der Waals surface area contributed by atoms with E-state index in [-0.39, 0.29) is 5.91 Å². The lowest BCUT2D eigenvalue weighted by Gasteiger charge is -2.06. The highest BCUT2D eigenvalue weighted by Crippen LogP contribution is 2.12. The van der Waals surface area contributed by atoms with Crippen LogP contribution in [0, 0.1) is 11.3 Å². The number of hydrogen-bond acceptors (Lipinski definition) is 3. The summed E-state index contributed by atoms with van der Waals surface area (Å²) >= 11 is 3.15. The van der Waals surface area contributed by atoms with Crippen molar-refractivity contribution in [1.82, 2.24) is 10.3 Å². The lowest BCUT2D eigenvalue weighted by atomic mass is 10.2. The minimum Gasteiger partial charge on any atom is -0.336 e. The monoisotopic (exact) mass is 253 g/mol. The summed E-state index contributed by atoms with van der Waals surface area (Å²) in [7, 11) is 0. The first kappa shape index (κ1) is 10.7. The molecule has 1 aromatic heterocycles. The molecule has 5 heteroatoms. The third-order valence-electron chi connectivity index (χ3n) is 1.54. The number of carbonyl (C=O) groups excluding carboxylic acids is 1. The van der Waals surface area contributed by atoms with E-state index >= 15 is 0 Å². The topological polar surface area (TPSA) is 65.8 Å². The van der Waals surface area contributed by atoms with Gasteiger partial charge in [0.2, 0.25) is 0 Å². The number of nitriles is 1. The summed E-state index contributed by atoms with van der Waals surface area (Å²) in [6, 6.07) is 4.71. The van der Waals surface area contributed by atoms with Crippen LogP contribution < -0.4 is 5.32 Å². The van der Waals surface area contributed by atoms with Gasteiger partial charge >= 0.3 is 0 Å². The zero-order valence-electron chi connectivity index (χ0n) is 7.49. The molecule has 4 nitrogen and oxygen atoms in total. The summed E-state index contributed by atoms with van der Waals surface area (Å²) in [5, 5.41) is 11.0. The van der Waals surface area contributed by atoms with Gasteiger partial charge in [-0.15, -0.1) is 0 Å². The van der Waals surface area contributed by atoms with Crippen molar-refractivity contribution in [2.75, 3.05) is 0 Å². The van der Waals surface area contributed by atoms with Crippen LogP contribution in [0.4, 0.5) is 0 Å². The van der Waals surface area contributed by atoms with Crippen molar-refractivity contribution in [3.63, 3.8) is 0 Å². The Bertz CT molecular complexity index is 386. The minimum absolute atomic E-state index is 0.306. The van der Waals surface area contributed by atoms with Crippen molar-refractivity contribution in [2.24, 2.45) is 0 Å². The summed E-state index contributed by atoms with van der Waals surface area (Å²) in [6.07, 6.45) is 1.58. The number of carbonyl (C=O) groups is 1. The molecule has 0 aliphatic rings. The van der Waals surface area contributed by atoms with Crippen LogP contribution in [0.1, 0.15) is 17.3 Å². The lowest BCUT2D eigenvalue weighted by Crippen LogP contribution is -2.31. The van der Waals surface area contributed by atoms with Crippen molar-refractivity contribution in [2.45, 2.75) is 13.0 Å². The molecule has 0 aliphatic carbocycles. The second-order valence-corrected chi connectivity index (χ2v) is 3.42. The second-order valence-electron chi connectivity index (χ2n) is 2.67. The predicted octanol–water partition coefficient (Wildman–Crippen LogP) is 1.49. The maximum absolute atomic E-state index is 11.5. The first-order valence-electron chi connectivity index (χ1n) is 3.96. The first-order chi connectivity index (χ1) is 6.65. The third kappa shape index (κ3) is 2.54. The molecule has 0 fully saturated rings. The van der Waals surface area contributed by atoms with Crippen LogP contribution in [-0.2, 0) is 0 Å². The van der Waals surface area contributed by atoms with Crippen LogP contribution >= 0.6 is 15.9 Å². The zero-order valence-corrected chi connectivity index (χ0v) is 9.08.